The molecule has 1 unspecified atom stereocenters. The van der Waals surface area contributed by atoms with E-state index in [1.54, 1.807) is 6.92 Å². The van der Waals surface area contributed by atoms with E-state index in [2.05, 4.69) is 5.32 Å². The third-order valence-electron chi connectivity index (χ3n) is 2.10. The summed E-state index contributed by atoms with van der Waals surface area (Å²) in [6, 6.07) is -0.629. The van der Waals surface area contributed by atoms with Crippen LogP contribution >= 0.6 is 0 Å². The number of amides is 1. The van der Waals surface area contributed by atoms with Gasteiger partial charge in [0.25, 0.3) is 5.91 Å². The van der Waals surface area contributed by atoms with Gasteiger partial charge < -0.3 is 14.8 Å². The highest BCUT2D eigenvalue weighted by molar-refractivity contribution is 5.85. The van der Waals surface area contributed by atoms with Crippen LogP contribution in [0.3, 0.4) is 0 Å². The zero-order chi connectivity index (χ0) is 11.5. The molecular weight excluding hydrogens is 208 g/mol. The first kappa shape index (κ1) is 12.3. The standard InChI is InChI=1S/C9H15F2NO3/c1-3-14-6(2)15-5-7-4-9(10,11)8(13)12-7/h6-7H,3-5H2,1-2H3,(H,12,13)/t6?,7-/m1/s1. The summed E-state index contributed by atoms with van der Waals surface area (Å²) >= 11 is 0. The highest BCUT2D eigenvalue weighted by atomic mass is 19.3. The molecule has 15 heavy (non-hydrogen) atoms. The monoisotopic (exact) mass is 223 g/mol. The number of carbonyl (C=O) groups excluding carboxylic acids is 1. The largest absolute Gasteiger partial charge is 0.353 e. The molecule has 1 heterocycles. The van der Waals surface area contributed by atoms with Crippen LogP contribution in [0.25, 0.3) is 0 Å². The Bertz CT molecular complexity index is 235. The van der Waals surface area contributed by atoms with Crippen LogP contribution in [0.4, 0.5) is 8.78 Å². The van der Waals surface area contributed by atoms with Crippen LogP contribution in [0.1, 0.15) is 20.3 Å². The van der Waals surface area contributed by atoms with Crippen molar-refractivity contribution in [3.63, 3.8) is 0 Å². The van der Waals surface area contributed by atoms with E-state index in [0.717, 1.165) is 0 Å². The van der Waals surface area contributed by atoms with Gasteiger partial charge in [0.05, 0.1) is 12.6 Å². The van der Waals surface area contributed by atoms with E-state index in [-0.39, 0.29) is 6.61 Å². The number of halogens is 2. The van der Waals surface area contributed by atoms with Crippen molar-refractivity contribution in [2.24, 2.45) is 0 Å². The molecule has 0 radical (unpaired) electrons. The molecule has 0 bridgehead atoms. The molecule has 1 aliphatic heterocycles. The zero-order valence-corrected chi connectivity index (χ0v) is 8.76. The van der Waals surface area contributed by atoms with Crippen molar-refractivity contribution < 1.29 is 23.0 Å². The van der Waals surface area contributed by atoms with Crippen molar-refractivity contribution >= 4 is 5.91 Å². The molecular formula is C9H15F2NO3. The van der Waals surface area contributed by atoms with Crippen LogP contribution in [-0.4, -0.2) is 37.4 Å². The van der Waals surface area contributed by atoms with E-state index < -0.39 is 30.6 Å². The van der Waals surface area contributed by atoms with Crippen molar-refractivity contribution in [1.82, 2.24) is 5.32 Å². The SMILES string of the molecule is CCOC(C)OC[C@H]1CC(F)(F)C(=O)N1. The van der Waals surface area contributed by atoms with Gasteiger partial charge in [-0.3, -0.25) is 4.79 Å². The lowest BCUT2D eigenvalue weighted by Gasteiger charge is -2.15. The average molecular weight is 223 g/mol. The first-order chi connectivity index (χ1) is 6.95. The van der Waals surface area contributed by atoms with Crippen molar-refractivity contribution in [3.05, 3.63) is 0 Å². The van der Waals surface area contributed by atoms with E-state index >= 15 is 0 Å². The number of hydrogen-bond acceptors (Lipinski definition) is 3. The van der Waals surface area contributed by atoms with Gasteiger partial charge in [-0.2, -0.15) is 8.78 Å². The molecule has 0 aromatic carbocycles. The molecule has 4 nitrogen and oxygen atoms in total. The van der Waals surface area contributed by atoms with Gasteiger partial charge >= 0.3 is 5.92 Å². The summed E-state index contributed by atoms with van der Waals surface area (Å²) in [4.78, 5) is 10.7. The maximum atomic E-state index is 12.8. The minimum atomic E-state index is -3.26. The number of rotatable bonds is 5. The molecule has 1 amide bonds. The van der Waals surface area contributed by atoms with Crippen LogP contribution in [-0.2, 0) is 14.3 Å². The second-order valence-electron chi connectivity index (χ2n) is 3.44. The Labute approximate surface area is 86.9 Å². The van der Waals surface area contributed by atoms with Crippen molar-refractivity contribution in [3.8, 4) is 0 Å². The lowest BCUT2D eigenvalue weighted by molar-refractivity contribution is -0.139. The Kier molecular flexibility index (Phi) is 3.98. The molecule has 0 spiro atoms. The van der Waals surface area contributed by atoms with Crippen LogP contribution in [0.2, 0.25) is 0 Å². The van der Waals surface area contributed by atoms with E-state index in [9.17, 15) is 13.6 Å². The zero-order valence-electron chi connectivity index (χ0n) is 8.76. The van der Waals surface area contributed by atoms with Crippen LogP contribution < -0.4 is 5.32 Å². The lowest BCUT2D eigenvalue weighted by atomic mass is 10.2. The fourth-order valence-corrected chi connectivity index (χ4v) is 1.38. The Hall–Kier alpha value is -0.750. The highest BCUT2D eigenvalue weighted by Gasteiger charge is 2.48. The molecule has 88 valence electrons. The molecule has 0 aromatic rings. The maximum Gasteiger partial charge on any atom is 0.326 e. The third kappa shape index (κ3) is 3.39. The number of nitrogens with one attached hydrogen (secondary N) is 1. The number of ether oxygens (including phenoxy) is 2. The molecule has 2 atom stereocenters. The minimum Gasteiger partial charge on any atom is -0.353 e. The minimum absolute atomic E-state index is 0.0441. The Morgan fingerprint density at radius 2 is 2.27 bits per heavy atom. The van der Waals surface area contributed by atoms with E-state index in [1.165, 1.54) is 0 Å². The number of hydrogen-bond donors (Lipinski definition) is 1. The Balaban J connectivity index is 2.27. The van der Waals surface area contributed by atoms with Gasteiger partial charge in [0.15, 0.2) is 6.29 Å². The lowest BCUT2D eigenvalue weighted by Crippen LogP contribution is -2.33. The average Bonchev–Trinajstić information content (AvgIpc) is 2.38. The molecule has 6 heteroatoms. The second-order valence-corrected chi connectivity index (χ2v) is 3.44. The summed E-state index contributed by atoms with van der Waals surface area (Å²) in [5.74, 6) is -4.48. The molecule has 1 rings (SSSR count). The summed E-state index contributed by atoms with van der Waals surface area (Å²) in [5, 5.41) is 2.17. The molecule has 0 saturated carbocycles. The van der Waals surface area contributed by atoms with E-state index in [0.29, 0.717) is 6.61 Å². The maximum absolute atomic E-state index is 12.8. The second kappa shape index (κ2) is 4.85. The smallest absolute Gasteiger partial charge is 0.326 e. The predicted molar refractivity (Wildman–Crippen MR) is 48.5 cm³/mol. The normalized spacial score (nSPS) is 26.4. The van der Waals surface area contributed by atoms with Gasteiger partial charge in [-0.25, -0.2) is 0 Å². The first-order valence-corrected chi connectivity index (χ1v) is 4.87. The van der Waals surface area contributed by atoms with Gasteiger partial charge in [0.1, 0.15) is 0 Å². The van der Waals surface area contributed by atoms with Crippen LogP contribution in [0.15, 0.2) is 0 Å². The van der Waals surface area contributed by atoms with Gasteiger partial charge in [0.2, 0.25) is 0 Å². The summed E-state index contributed by atoms with van der Waals surface area (Å²) in [7, 11) is 0. The Morgan fingerprint density at radius 3 is 2.73 bits per heavy atom. The fourth-order valence-electron chi connectivity index (χ4n) is 1.38. The van der Waals surface area contributed by atoms with E-state index in [1.807, 2.05) is 6.92 Å². The van der Waals surface area contributed by atoms with Crippen LogP contribution in [0.5, 0.6) is 0 Å². The number of carbonyl (C=O) groups is 1. The summed E-state index contributed by atoms with van der Waals surface area (Å²) in [6.07, 6.45) is -0.953. The molecule has 1 N–H and O–H groups in total. The topological polar surface area (TPSA) is 47.6 Å². The Morgan fingerprint density at radius 1 is 1.60 bits per heavy atom. The summed E-state index contributed by atoms with van der Waals surface area (Å²) in [6.45, 7) is 4.03. The quantitative estimate of drug-likeness (QED) is 0.705. The summed E-state index contributed by atoms with van der Waals surface area (Å²) in [5.41, 5.74) is 0. The van der Waals surface area contributed by atoms with Crippen molar-refractivity contribution in [1.29, 1.82) is 0 Å². The molecule has 1 saturated heterocycles. The van der Waals surface area contributed by atoms with Gasteiger partial charge in [-0.15, -0.1) is 0 Å². The molecule has 0 aromatic heterocycles. The summed E-state index contributed by atoms with van der Waals surface area (Å²) < 4.78 is 35.7. The van der Waals surface area contributed by atoms with Crippen LogP contribution in [0, 0.1) is 0 Å². The third-order valence-corrected chi connectivity index (χ3v) is 2.10. The van der Waals surface area contributed by atoms with Crippen molar-refractivity contribution in [2.75, 3.05) is 13.2 Å². The van der Waals surface area contributed by atoms with Gasteiger partial charge in [-0.1, -0.05) is 0 Å². The molecule has 0 aliphatic carbocycles. The molecule has 1 aliphatic rings. The van der Waals surface area contributed by atoms with Gasteiger partial charge in [-0.05, 0) is 13.8 Å². The molecule has 1 fully saturated rings. The van der Waals surface area contributed by atoms with E-state index in [4.69, 9.17) is 9.47 Å². The first-order valence-electron chi connectivity index (χ1n) is 4.87. The fraction of sp³-hybridized carbons (Fsp3) is 0.889. The predicted octanol–water partition coefficient (Wildman–Crippen LogP) is 0.909. The van der Waals surface area contributed by atoms with Crippen molar-refractivity contribution in [2.45, 2.75) is 38.5 Å². The number of alkyl halides is 2. The highest BCUT2D eigenvalue weighted by Crippen LogP contribution is 2.26. The van der Waals surface area contributed by atoms with Gasteiger partial charge in [0, 0.05) is 13.0 Å².